The van der Waals surface area contributed by atoms with E-state index in [1.54, 1.807) is 10.8 Å². The summed E-state index contributed by atoms with van der Waals surface area (Å²) in [7, 11) is 2.86. The zero-order valence-electron chi connectivity index (χ0n) is 5.70. The van der Waals surface area contributed by atoms with Gasteiger partial charge in [-0.3, -0.25) is 5.14 Å². The summed E-state index contributed by atoms with van der Waals surface area (Å²) in [5, 5.41) is 5.29. The van der Waals surface area contributed by atoms with Crippen LogP contribution in [0.2, 0.25) is 0 Å². The van der Waals surface area contributed by atoms with E-state index in [1.165, 1.54) is 21.4 Å². The Labute approximate surface area is 68.9 Å². The van der Waals surface area contributed by atoms with Crippen LogP contribution in [0.3, 0.4) is 0 Å². The van der Waals surface area contributed by atoms with E-state index < -0.39 is 0 Å². The van der Waals surface area contributed by atoms with E-state index in [2.05, 4.69) is 25.1 Å². The van der Waals surface area contributed by atoms with E-state index >= 15 is 0 Å². The molecule has 0 aliphatic heterocycles. The third kappa shape index (κ3) is 2.25. The molecule has 0 spiro atoms. The topological polar surface area (TPSA) is 26.0 Å². The van der Waals surface area contributed by atoms with Gasteiger partial charge in [-0.05, 0) is 46.4 Å². The van der Waals surface area contributed by atoms with Gasteiger partial charge in [0.2, 0.25) is 0 Å². The van der Waals surface area contributed by atoms with Crippen LogP contribution in [-0.4, -0.2) is 0 Å². The molecule has 1 aromatic carbocycles. The molecule has 0 amide bonds. The van der Waals surface area contributed by atoms with E-state index in [0.29, 0.717) is 0 Å². The van der Waals surface area contributed by atoms with Gasteiger partial charge in [-0.1, -0.05) is 12.1 Å². The molecule has 0 unspecified atom stereocenters. The van der Waals surface area contributed by atoms with Crippen molar-refractivity contribution in [1.29, 1.82) is 0 Å². The molecule has 3 heteroatoms. The van der Waals surface area contributed by atoms with Crippen LogP contribution in [0, 0.1) is 6.92 Å². The molecule has 0 radical (unpaired) electrons. The Morgan fingerprint density at radius 3 is 2.80 bits per heavy atom. The highest BCUT2D eigenvalue weighted by atomic mass is 33.1. The molecule has 0 fully saturated rings. The lowest BCUT2D eigenvalue weighted by Gasteiger charge is -1.96. The van der Waals surface area contributed by atoms with Crippen molar-refractivity contribution in [1.82, 2.24) is 0 Å². The molecule has 0 heterocycles. The first kappa shape index (κ1) is 7.98. The second kappa shape index (κ2) is 3.91. The normalized spacial score (nSPS) is 9.80. The van der Waals surface area contributed by atoms with Crippen LogP contribution < -0.4 is 5.14 Å². The van der Waals surface area contributed by atoms with E-state index in [-0.39, 0.29) is 0 Å². The summed E-state index contributed by atoms with van der Waals surface area (Å²) in [6.07, 6.45) is 0. The zero-order valence-corrected chi connectivity index (χ0v) is 7.34. The third-order valence-electron chi connectivity index (χ3n) is 1.13. The van der Waals surface area contributed by atoms with Crippen molar-refractivity contribution in [2.75, 3.05) is 0 Å². The van der Waals surface area contributed by atoms with E-state index in [4.69, 9.17) is 5.14 Å². The molecule has 0 aliphatic rings. The predicted octanol–water partition coefficient (Wildman–Crippen LogP) is 2.61. The van der Waals surface area contributed by atoms with Gasteiger partial charge in [0.15, 0.2) is 0 Å². The lowest BCUT2D eigenvalue weighted by Crippen LogP contribution is -1.74. The van der Waals surface area contributed by atoms with Crippen molar-refractivity contribution < 1.29 is 0 Å². The third-order valence-corrected chi connectivity index (χ3v) is 2.54. The second-order valence-electron chi connectivity index (χ2n) is 2.00. The number of hydrogen-bond donors (Lipinski definition) is 1. The van der Waals surface area contributed by atoms with Crippen molar-refractivity contribution in [2.45, 2.75) is 11.8 Å². The number of benzene rings is 1. The second-order valence-corrected chi connectivity index (χ2v) is 3.90. The summed E-state index contributed by atoms with van der Waals surface area (Å²) in [5.74, 6) is 0. The standard InChI is InChI=1S/C7H9NS2/c1-6-3-2-4-7(5-6)9-10-8/h2-5H,8H2,1H3. The number of rotatable bonds is 2. The molecular weight excluding hydrogens is 162 g/mol. The van der Waals surface area contributed by atoms with E-state index in [0.717, 1.165) is 0 Å². The zero-order chi connectivity index (χ0) is 7.40. The Bertz CT molecular complexity index is 213. The van der Waals surface area contributed by atoms with Gasteiger partial charge < -0.3 is 0 Å². The van der Waals surface area contributed by atoms with Crippen LogP contribution >= 0.6 is 21.8 Å². The minimum Gasteiger partial charge on any atom is -0.268 e. The Balaban J connectivity index is 2.75. The van der Waals surface area contributed by atoms with Crippen LogP contribution in [0.25, 0.3) is 0 Å². The SMILES string of the molecule is Cc1cccc(SSN)c1. The molecule has 1 aromatic rings. The van der Waals surface area contributed by atoms with Gasteiger partial charge in [-0.2, -0.15) is 0 Å². The monoisotopic (exact) mass is 171 g/mol. The van der Waals surface area contributed by atoms with Crippen molar-refractivity contribution in [3.8, 4) is 0 Å². The van der Waals surface area contributed by atoms with Crippen molar-refractivity contribution in [2.24, 2.45) is 5.14 Å². The summed E-state index contributed by atoms with van der Waals surface area (Å²) in [6.45, 7) is 2.07. The molecule has 0 aliphatic carbocycles. The summed E-state index contributed by atoms with van der Waals surface area (Å²) < 4.78 is 0. The highest BCUT2D eigenvalue weighted by Crippen LogP contribution is 2.26. The fourth-order valence-electron chi connectivity index (χ4n) is 0.723. The van der Waals surface area contributed by atoms with Crippen molar-refractivity contribution >= 4 is 21.8 Å². The van der Waals surface area contributed by atoms with Crippen LogP contribution in [-0.2, 0) is 0 Å². The van der Waals surface area contributed by atoms with Gasteiger partial charge in [-0.25, -0.2) is 0 Å². The number of aryl methyl sites for hydroxylation is 1. The molecule has 1 nitrogen and oxygen atoms in total. The summed E-state index contributed by atoms with van der Waals surface area (Å²) in [6, 6.07) is 8.28. The molecule has 54 valence electrons. The van der Waals surface area contributed by atoms with Crippen molar-refractivity contribution in [3.05, 3.63) is 29.8 Å². The Morgan fingerprint density at radius 2 is 2.20 bits per heavy atom. The molecule has 10 heavy (non-hydrogen) atoms. The van der Waals surface area contributed by atoms with Crippen LogP contribution in [0.4, 0.5) is 0 Å². The van der Waals surface area contributed by atoms with Gasteiger partial charge in [0.05, 0.1) is 0 Å². The number of nitrogens with two attached hydrogens (primary N) is 1. The average molecular weight is 171 g/mol. The summed E-state index contributed by atoms with van der Waals surface area (Å²) in [5.41, 5.74) is 1.28. The van der Waals surface area contributed by atoms with Gasteiger partial charge >= 0.3 is 0 Å². The lowest BCUT2D eigenvalue weighted by molar-refractivity contribution is 1.37. The van der Waals surface area contributed by atoms with E-state index in [9.17, 15) is 0 Å². The molecule has 0 aromatic heterocycles. The first-order valence-corrected chi connectivity index (χ1v) is 5.14. The summed E-state index contributed by atoms with van der Waals surface area (Å²) >= 11 is 0. The Morgan fingerprint density at radius 1 is 1.40 bits per heavy atom. The smallest absolute Gasteiger partial charge is 0.0198 e. The van der Waals surface area contributed by atoms with Crippen LogP contribution in [0.5, 0.6) is 0 Å². The minimum absolute atomic E-state index is 1.22. The molecule has 0 saturated heterocycles. The fraction of sp³-hybridized carbons (Fsp3) is 0.143. The first-order chi connectivity index (χ1) is 4.83. The highest BCUT2D eigenvalue weighted by molar-refractivity contribution is 8.75. The largest absolute Gasteiger partial charge is 0.268 e. The molecule has 2 N–H and O–H groups in total. The van der Waals surface area contributed by atoms with Crippen LogP contribution in [0.1, 0.15) is 5.56 Å². The predicted molar refractivity (Wildman–Crippen MR) is 48.8 cm³/mol. The highest BCUT2D eigenvalue weighted by Gasteiger charge is 1.90. The summed E-state index contributed by atoms with van der Waals surface area (Å²) in [4.78, 5) is 1.22. The maximum atomic E-state index is 5.29. The molecule has 0 bridgehead atoms. The quantitative estimate of drug-likeness (QED) is 0.547. The first-order valence-electron chi connectivity index (χ1n) is 2.93. The van der Waals surface area contributed by atoms with Gasteiger partial charge in [0.1, 0.15) is 0 Å². The lowest BCUT2D eigenvalue weighted by atomic mass is 10.2. The maximum Gasteiger partial charge on any atom is 0.0198 e. The molecule has 0 saturated carbocycles. The van der Waals surface area contributed by atoms with E-state index in [1.807, 2.05) is 6.07 Å². The van der Waals surface area contributed by atoms with Gasteiger partial charge in [0.25, 0.3) is 0 Å². The van der Waals surface area contributed by atoms with Crippen LogP contribution in [0.15, 0.2) is 29.2 Å². The van der Waals surface area contributed by atoms with Gasteiger partial charge in [0, 0.05) is 4.90 Å². The minimum atomic E-state index is 1.22. The van der Waals surface area contributed by atoms with Crippen molar-refractivity contribution in [3.63, 3.8) is 0 Å². The molecule has 0 atom stereocenters. The molecular formula is C7H9NS2. The van der Waals surface area contributed by atoms with Gasteiger partial charge in [-0.15, -0.1) is 0 Å². The molecule has 1 rings (SSSR count). The fourth-order valence-corrected chi connectivity index (χ4v) is 1.85. The maximum absolute atomic E-state index is 5.29. The number of hydrogen-bond acceptors (Lipinski definition) is 3. The average Bonchev–Trinajstić information content (AvgIpc) is 1.88. The Kier molecular flexibility index (Phi) is 3.12. The Hall–Kier alpha value is -0.120.